The number of fused-ring (bicyclic) bond motifs is 1. The summed E-state index contributed by atoms with van der Waals surface area (Å²) < 4.78 is 7.20. The first-order chi connectivity index (χ1) is 14.9. The molecule has 2 aromatic carbocycles. The molecular weight excluding hydrogens is 410 g/mol. The molecule has 2 heterocycles. The van der Waals surface area contributed by atoms with Crippen LogP contribution in [0.15, 0.2) is 58.4 Å². The van der Waals surface area contributed by atoms with Crippen LogP contribution in [0.5, 0.6) is 5.75 Å². The lowest BCUT2D eigenvalue weighted by atomic mass is 9.96. The van der Waals surface area contributed by atoms with Gasteiger partial charge in [-0.1, -0.05) is 36.4 Å². The zero-order valence-corrected chi connectivity index (χ0v) is 18.6. The average molecular weight is 436 g/mol. The first-order valence-electron chi connectivity index (χ1n) is 10.1. The molecule has 1 amide bonds. The summed E-state index contributed by atoms with van der Waals surface area (Å²) in [7, 11) is 1.57. The normalized spacial score (nSPS) is 14.9. The molecule has 0 bridgehead atoms. The van der Waals surface area contributed by atoms with Gasteiger partial charge in [0.1, 0.15) is 16.8 Å². The quantitative estimate of drug-likeness (QED) is 0.634. The number of carbonyl (C=O) groups is 1. The number of aromatic nitrogens is 1. The Bertz CT molecular complexity index is 1200. The van der Waals surface area contributed by atoms with Gasteiger partial charge in [-0.3, -0.25) is 14.2 Å². The maximum Gasteiger partial charge on any atom is 0.275 e. The highest BCUT2D eigenvalue weighted by Crippen LogP contribution is 2.42. The minimum absolute atomic E-state index is 0.126. The molecular formula is C24H25N3O3S. The van der Waals surface area contributed by atoms with Crippen molar-refractivity contribution in [3.8, 4) is 5.75 Å². The molecule has 7 heteroatoms. The van der Waals surface area contributed by atoms with Crippen LogP contribution < -0.4 is 21.3 Å². The summed E-state index contributed by atoms with van der Waals surface area (Å²) in [5.41, 5.74) is 10.9. The van der Waals surface area contributed by atoms with Gasteiger partial charge in [0, 0.05) is 23.4 Å². The number of pyridine rings is 1. The third-order valence-corrected chi connectivity index (χ3v) is 6.92. The van der Waals surface area contributed by atoms with Crippen LogP contribution >= 0.6 is 11.8 Å². The highest BCUT2D eigenvalue weighted by Gasteiger charge is 2.35. The minimum Gasteiger partial charge on any atom is -0.494 e. The summed E-state index contributed by atoms with van der Waals surface area (Å²) in [5, 5.41) is 3.53. The lowest BCUT2D eigenvalue weighted by Gasteiger charge is -2.19. The Kier molecular flexibility index (Phi) is 5.78. The summed E-state index contributed by atoms with van der Waals surface area (Å²) in [4.78, 5) is 26.2. The van der Waals surface area contributed by atoms with Crippen molar-refractivity contribution in [2.75, 3.05) is 23.9 Å². The molecule has 1 aliphatic rings. The van der Waals surface area contributed by atoms with E-state index in [4.69, 9.17) is 10.5 Å². The fourth-order valence-electron chi connectivity index (χ4n) is 3.88. The van der Waals surface area contributed by atoms with Crippen molar-refractivity contribution >= 4 is 29.0 Å². The molecule has 0 aliphatic carbocycles. The number of nitrogen functional groups attached to an aromatic ring is 1. The zero-order chi connectivity index (χ0) is 22.1. The maximum absolute atomic E-state index is 13.2. The van der Waals surface area contributed by atoms with Crippen LogP contribution in [0.2, 0.25) is 0 Å². The lowest BCUT2D eigenvalue weighted by Crippen LogP contribution is -2.34. The van der Waals surface area contributed by atoms with Gasteiger partial charge >= 0.3 is 0 Å². The van der Waals surface area contributed by atoms with E-state index in [0.29, 0.717) is 34.2 Å². The lowest BCUT2D eigenvalue weighted by molar-refractivity contribution is -0.118. The number of nitrogens with two attached hydrogens (primary N) is 1. The fourth-order valence-corrected chi connectivity index (χ4v) is 5.19. The average Bonchev–Trinajstić information content (AvgIpc) is 3.21. The molecule has 31 heavy (non-hydrogen) atoms. The van der Waals surface area contributed by atoms with E-state index < -0.39 is 6.04 Å². The molecule has 0 unspecified atom stereocenters. The van der Waals surface area contributed by atoms with Crippen molar-refractivity contribution in [3.63, 3.8) is 0 Å². The van der Waals surface area contributed by atoms with Gasteiger partial charge in [-0.2, -0.15) is 0 Å². The van der Waals surface area contributed by atoms with Gasteiger partial charge in [0.25, 0.3) is 5.56 Å². The van der Waals surface area contributed by atoms with E-state index in [9.17, 15) is 9.59 Å². The summed E-state index contributed by atoms with van der Waals surface area (Å²) >= 11 is 1.44. The Morgan fingerprint density at radius 3 is 2.65 bits per heavy atom. The van der Waals surface area contributed by atoms with Gasteiger partial charge in [0.05, 0.1) is 7.11 Å². The van der Waals surface area contributed by atoms with Gasteiger partial charge < -0.3 is 15.8 Å². The van der Waals surface area contributed by atoms with Crippen LogP contribution in [0.3, 0.4) is 0 Å². The molecule has 0 saturated heterocycles. The number of benzene rings is 2. The SMILES string of the molecule is COc1c(Cc2cccc(C)c2C)c(N)c(=O)n2c1SC[C@H]2C(=O)Nc1ccccc1. The van der Waals surface area contributed by atoms with Crippen LogP contribution in [0.1, 0.15) is 28.3 Å². The van der Waals surface area contributed by atoms with Crippen molar-refractivity contribution in [3.05, 3.63) is 81.1 Å². The number of nitrogens with zero attached hydrogens (tertiary/aromatic N) is 1. The monoisotopic (exact) mass is 435 g/mol. The second kappa shape index (κ2) is 8.51. The molecule has 160 valence electrons. The number of amides is 1. The predicted octanol–water partition coefficient (Wildman–Crippen LogP) is 3.93. The predicted molar refractivity (Wildman–Crippen MR) is 125 cm³/mol. The van der Waals surface area contributed by atoms with E-state index in [2.05, 4.69) is 25.2 Å². The minimum atomic E-state index is -0.654. The van der Waals surface area contributed by atoms with E-state index in [0.717, 1.165) is 11.1 Å². The largest absolute Gasteiger partial charge is 0.494 e. The van der Waals surface area contributed by atoms with Crippen molar-refractivity contribution in [2.24, 2.45) is 0 Å². The van der Waals surface area contributed by atoms with Crippen molar-refractivity contribution < 1.29 is 9.53 Å². The Morgan fingerprint density at radius 2 is 1.94 bits per heavy atom. The number of aryl methyl sites for hydroxylation is 1. The summed E-state index contributed by atoms with van der Waals surface area (Å²) in [6.07, 6.45) is 0.493. The maximum atomic E-state index is 13.2. The van der Waals surface area contributed by atoms with Gasteiger partial charge in [-0.25, -0.2) is 0 Å². The van der Waals surface area contributed by atoms with Crippen molar-refractivity contribution in [1.82, 2.24) is 4.57 Å². The first-order valence-corrected chi connectivity index (χ1v) is 11.1. The number of carbonyl (C=O) groups excluding carboxylic acids is 1. The second-order valence-electron chi connectivity index (χ2n) is 7.62. The molecule has 0 radical (unpaired) electrons. The summed E-state index contributed by atoms with van der Waals surface area (Å²) in [5.74, 6) is 0.762. The van der Waals surface area contributed by atoms with Crippen LogP contribution in [0, 0.1) is 13.8 Å². The van der Waals surface area contributed by atoms with Crippen molar-refractivity contribution in [1.29, 1.82) is 0 Å². The number of ether oxygens (including phenoxy) is 1. The van der Waals surface area contributed by atoms with Crippen molar-refractivity contribution in [2.45, 2.75) is 31.3 Å². The van der Waals surface area contributed by atoms with Crippen LogP contribution in [0.4, 0.5) is 11.4 Å². The topological polar surface area (TPSA) is 86.3 Å². The van der Waals surface area contributed by atoms with E-state index in [-0.39, 0.29) is 17.2 Å². The summed E-state index contributed by atoms with van der Waals surface area (Å²) in [6, 6.07) is 14.6. The number of para-hydroxylation sites is 1. The Labute approximate surface area is 185 Å². The third kappa shape index (κ3) is 3.81. The smallest absolute Gasteiger partial charge is 0.275 e. The molecule has 3 N–H and O–H groups in total. The van der Waals surface area contributed by atoms with Crippen LogP contribution in [-0.2, 0) is 11.2 Å². The molecule has 1 atom stereocenters. The third-order valence-electron chi connectivity index (χ3n) is 5.78. The molecule has 4 rings (SSSR count). The number of hydrogen-bond donors (Lipinski definition) is 2. The highest BCUT2D eigenvalue weighted by atomic mass is 32.2. The molecule has 1 aromatic heterocycles. The first kappa shape index (κ1) is 21.1. The molecule has 3 aromatic rings. The second-order valence-corrected chi connectivity index (χ2v) is 8.63. The van der Waals surface area contributed by atoms with E-state index in [1.54, 1.807) is 7.11 Å². The number of rotatable bonds is 5. The van der Waals surface area contributed by atoms with Gasteiger partial charge in [0.15, 0.2) is 5.75 Å². The number of anilines is 2. The Balaban J connectivity index is 1.74. The van der Waals surface area contributed by atoms with E-state index >= 15 is 0 Å². The van der Waals surface area contributed by atoms with Gasteiger partial charge in [-0.15, -0.1) is 11.8 Å². The fraction of sp³-hybridized carbons (Fsp3) is 0.250. The molecule has 0 spiro atoms. The molecule has 6 nitrogen and oxygen atoms in total. The van der Waals surface area contributed by atoms with Crippen LogP contribution in [0.25, 0.3) is 0 Å². The summed E-state index contributed by atoms with van der Waals surface area (Å²) in [6.45, 7) is 4.12. The Hall–Kier alpha value is -3.19. The number of methoxy groups -OCH3 is 1. The highest BCUT2D eigenvalue weighted by molar-refractivity contribution is 7.99. The number of thioether (sulfide) groups is 1. The molecule has 0 saturated carbocycles. The molecule has 1 aliphatic heterocycles. The van der Waals surface area contributed by atoms with Gasteiger partial charge in [0.2, 0.25) is 5.91 Å². The number of hydrogen-bond acceptors (Lipinski definition) is 5. The van der Waals surface area contributed by atoms with Crippen LogP contribution in [-0.4, -0.2) is 23.3 Å². The van der Waals surface area contributed by atoms with Gasteiger partial charge in [-0.05, 0) is 42.7 Å². The number of nitrogens with one attached hydrogen (secondary N) is 1. The zero-order valence-electron chi connectivity index (χ0n) is 17.8. The molecule has 0 fully saturated rings. The van der Waals surface area contributed by atoms with E-state index in [1.807, 2.05) is 42.5 Å². The standard InChI is InChI=1S/C24H25N3O3S/c1-14-8-7-9-16(15(14)2)12-18-20(25)23(29)27-19(13-31-24(27)21(18)30-3)22(28)26-17-10-5-4-6-11-17/h4-11,19H,12-13,25H2,1-3H3,(H,26,28)/t19-/m0/s1. The van der Waals surface area contributed by atoms with E-state index in [1.165, 1.54) is 21.9 Å². The Morgan fingerprint density at radius 1 is 1.19 bits per heavy atom.